The number of hydrogen-bond acceptors (Lipinski definition) is 12. The molecule has 3 unspecified atom stereocenters. The largest absolute Gasteiger partial charge is 0.391 e. The average molecular weight is 931 g/mol. The molecule has 348 valence electrons. The van der Waals surface area contributed by atoms with Gasteiger partial charge in [-0.05, 0) is 61.9 Å². The van der Waals surface area contributed by atoms with E-state index in [2.05, 4.69) is 36.9 Å². The van der Waals surface area contributed by atoms with Gasteiger partial charge in [0.25, 0.3) is 0 Å². The lowest BCUT2D eigenvalue weighted by molar-refractivity contribution is -0.136. The van der Waals surface area contributed by atoms with Crippen LogP contribution in [0.2, 0.25) is 0 Å². The first-order valence-corrected chi connectivity index (χ1v) is 23.8. The first-order chi connectivity index (χ1) is 31.2. The number of unbranched alkanes of at least 4 members (excludes halogenated alkanes) is 1. The van der Waals surface area contributed by atoms with Crippen molar-refractivity contribution in [1.82, 2.24) is 36.9 Å². The van der Waals surface area contributed by atoms with Gasteiger partial charge in [-0.15, -0.1) is 0 Å². The third-order valence-corrected chi connectivity index (χ3v) is 13.2. The molecule has 65 heavy (non-hydrogen) atoms. The van der Waals surface area contributed by atoms with Crippen LogP contribution < -0.4 is 49.1 Å². The second-order valence-corrected chi connectivity index (χ2v) is 18.4. The molecule has 2 heterocycles. The Bertz CT molecular complexity index is 2250. The minimum absolute atomic E-state index is 0.0131. The molecule has 4 aromatic rings. The molecule has 1 aliphatic heterocycles. The van der Waals surface area contributed by atoms with E-state index in [1.807, 2.05) is 54.6 Å². The maximum Gasteiger partial charge on any atom is 0.245 e. The van der Waals surface area contributed by atoms with Crippen LogP contribution in [0.3, 0.4) is 0 Å². The molecular weight excluding hydrogens is 873 g/mol. The van der Waals surface area contributed by atoms with E-state index in [0.717, 1.165) is 38.1 Å². The molecule has 1 fully saturated rings. The number of carbonyl (C=O) groups is 7. The predicted octanol–water partition coefficient (Wildman–Crippen LogP) is -0.178. The van der Waals surface area contributed by atoms with E-state index in [-0.39, 0.29) is 37.2 Å². The highest BCUT2D eigenvalue weighted by molar-refractivity contribution is 8.76. The van der Waals surface area contributed by atoms with Gasteiger partial charge in [0.05, 0.1) is 12.1 Å². The fourth-order valence-electron chi connectivity index (χ4n) is 7.14. The van der Waals surface area contributed by atoms with E-state index >= 15 is 0 Å². The molecular formula is C45H58N10O8S2. The molecule has 0 saturated carbocycles. The SMILES string of the molecule is C[C@@H](O)[C@@H]1NC(=O)C(CCCCN)NC(=O)C(Cc2c[nH]c3ccccc23)NC(=O)[C@H](Cc2ccccc2)NC(=O)C(NC(=O)[C@H](N)Cc2ccccc2)CSSC[C@@H](C(N)=O)NC1=O. The van der Waals surface area contributed by atoms with Gasteiger partial charge in [-0.2, -0.15) is 0 Å². The molecule has 3 aromatic carbocycles. The highest BCUT2D eigenvalue weighted by Gasteiger charge is 2.35. The Hall–Kier alpha value is -5.93. The Labute approximate surface area is 384 Å². The van der Waals surface area contributed by atoms with Crippen LogP contribution in [0.5, 0.6) is 0 Å². The van der Waals surface area contributed by atoms with Gasteiger partial charge in [-0.1, -0.05) is 100 Å². The number of primary amides is 1. The summed E-state index contributed by atoms with van der Waals surface area (Å²) in [4.78, 5) is 100. The Morgan fingerprint density at radius 3 is 1.97 bits per heavy atom. The molecule has 7 amide bonds. The predicted molar refractivity (Wildman–Crippen MR) is 251 cm³/mol. The van der Waals surface area contributed by atoms with Gasteiger partial charge in [-0.3, -0.25) is 33.6 Å². The van der Waals surface area contributed by atoms with E-state index in [9.17, 15) is 38.7 Å². The molecule has 8 atom stereocenters. The van der Waals surface area contributed by atoms with Crippen LogP contribution in [0.25, 0.3) is 10.9 Å². The maximum atomic E-state index is 14.6. The first-order valence-electron chi connectivity index (χ1n) is 21.4. The number of benzene rings is 3. The van der Waals surface area contributed by atoms with Crippen LogP contribution >= 0.6 is 21.6 Å². The average Bonchev–Trinajstić information content (AvgIpc) is 3.70. The molecule has 5 rings (SSSR count). The minimum Gasteiger partial charge on any atom is -0.391 e. The maximum absolute atomic E-state index is 14.6. The lowest BCUT2D eigenvalue weighted by Gasteiger charge is -2.29. The Balaban J connectivity index is 1.53. The number of rotatable bonds is 14. The number of carbonyl (C=O) groups excluding carboxylic acids is 7. The van der Waals surface area contributed by atoms with Crippen molar-refractivity contribution in [3.05, 3.63) is 108 Å². The molecule has 1 aromatic heterocycles. The smallest absolute Gasteiger partial charge is 0.245 e. The zero-order valence-corrected chi connectivity index (χ0v) is 37.6. The number of nitrogens with two attached hydrogens (primary N) is 3. The van der Waals surface area contributed by atoms with Crippen molar-refractivity contribution in [2.45, 2.75) is 93.8 Å². The summed E-state index contributed by atoms with van der Waals surface area (Å²) >= 11 is 0. The standard InChI is InChI=1S/C45H58N10O8S2/c1-26(56)38-45(63)53-36(39(48)57)24-64-65-25-37(54-40(58)31(47)20-27-12-4-2-5-13-27)44(62)51-34(21-28-14-6-3-7-15-28)42(60)52-35(22-29-23-49-32-17-9-8-16-30(29)32)43(61)50-33(41(59)55-38)18-10-11-19-46/h2-9,12-17,23,26,31,33-38,49,56H,10-11,18-22,24-25,46-47H2,1H3,(H2,48,57)(H,50,61)(H,51,62)(H,52,60)(H,53,63)(H,54,58)(H,55,59)/t26-,31-,33?,34+,35?,36+,37?,38+/m1/s1. The van der Waals surface area contributed by atoms with Crippen molar-refractivity contribution >= 4 is 73.8 Å². The van der Waals surface area contributed by atoms with Crippen LogP contribution in [0.15, 0.2) is 91.1 Å². The number of fused-ring (bicyclic) bond motifs is 1. The van der Waals surface area contributed by atoms with Crippen molar-refractivity contribution in [3.63, 3.8) is 0 Å². The van der Waals surface area contributed by atoms with E-state index in [0.29, 0.717) is 30.5 Å². The molecule has 0 radical (unpaired) electrons. The van der Waals surface area contributed by atoms with Crippen molar-refractivity contribution in [3.8, 4) is 0 Å². The summed E-state index contributed by atoms with van der Waals surface area (Å²) in [5.74, 6) is -5.72. The Morgan fingerprint density at radius 2 is 1.31 bits per heavy atom. The van der Waals surface area contributed by atoms with E-state index in [1.165, 1.54) is 6.92 Å². The van der Waals surface area contributed by atoms with Gasteiger partial charge in [0.1, 0.15) is 36.3 Å². The first kappa shape index (κ1) is 50.1. The zero-order chi connectivity index (χ0) is 46.9. The van der Waals surface area contributed by atoms with Crippen LogP contribution in [-0.4, -0.2) is 118 Å². The molecule has 14 N–H and O–H groups in total. The molecule has 0 spiro atoms. The van der Waals surface area contributed by atoms with E-state index in [1.54, 1.807) is 36.5 Å². The molecule has 0 bridgehead atoms. The topological polar surface area (TPSA) is 306 Å². The van der Waals surface area contributed by atoms with Gasteiger partial charge >= 0.3 is 0 Å². The van der Waals surface area contributed by atoms with Gasteiger partial charge in [-0.25, -0.2) is 0 Å². The highest BCUT2D eigenvalue weighted by atomic mass is 33.1. The third-order valence-electron chi connectivity index (χ3n) is 10.8. The molecule has 1 saturated heterocycles. The number of aliphatic hydroxyl groups is 1. The highest BCUT2D eigenvalue weighted by Crippen LogP contribution is 2.24. The molecule has 1 aliphatic rings. The van der Waals surface area contributed by atoms with Gasteiger partial charge in [0, 0.05) is 41.4 Å². The fraction of sp³-hybridized carbons (Fsp3) is 0.400. The summed E-state index contributed by atoms with van der Waals surface area (Å²) in [6.45, 7) is 1.57. The molecule has 20 heteroatoms. The molecule has 18 nitrogen and oxygen atoms in total. The fourth-order valence-corrected chi connectivity index (χ4v) is 9.48. The van der Waals surface area contributed by atoms with Crippen LogP contribution in [0.4, 0.5) is 0 Å². The van der Waals surface area contributed by atoms with Crippen LogP contribution in [0.1, 0.15) is 42.9 Å². The number of hydrogen-bond donors (Lipinski definition) is 11. The zero-order valence-electron chi connectivity index (χ0n) is 36.0. The van der Waals surface area contributed by atoms with E-state index < -0.39 is 89.7 Å². The summed E-state index contributed by atoms with van der Waals surface area (Å²) in [7, 11) is 2.14. The lowest BCUT2D eigenvalue weighted by atomic mass is 10.0. The number of aromatic amines is 1. The Kier molecular flexibility index (Phi) is 19.2. The summed E-state index contributed by atoms with van der Waals surface area (Å²) in [5, 5.41) is 27.6. The molecule has 0 aliphatic carbocycles. The summed E-state index contributed by atoms with van der Waals surface area (Å²) in [6.07, 6.45) is 1.31. The van der Waals surface area contributed by atoms with Gasteiger partial charge in [0.15, 0.2) is 0 Å². The summed E-state index contributed by atoms with van der Waals surface area (Å²) in [5.41, 5.74) is 20.7. The second kappa shape index (κ2) is 24.9. The minimum atomic E-state index is -1.58. The number of aromatic nitrogens is 1. The van der Waals surface area contributed by atoms with Crippen LogP contribution in [0, 0.1) is 0 Å². The van der Waals surface area contributed by atoms with Crippen molar-refractivity contribution in [1.29, 1.82) is 0 Å². The third kappa shape index (κ3) is 15.1. The van der Waals surface area contributed by atoms with Crippen molar-refractivity contribution in [2.24, 2.45) is 17.2 Å². The van der Waals surface area contributed by atoms with Crippen LogP contribution in [-0.2, 0) is 52.8 Å². The Morgan fingerprint density at radius 1 is 0.723 bits per heavy atom. The number of para-hydroxylation sites is 1. The number of amides is 7. The van der Waals surface area contributed by atoms with Gasteiger partial charge in [0.2, 0.25) is 41.4 Å². The monoisotopic (exact) mass is 930 g/mol. The lowest BCUT2D eigenvalue weighted by Crippen LogP contribution is -2.62. The number of H-pyrrole nitrogens is 1. The second-order valence-electron chi connectivity index (χ2n) is 15.8. The van der Waals surface area contributed by atoms with E-state index in [4.69, 9.17) is 17.2 Å². The van der Waals surface area contributed by atoms with Crippen molar-refractivity contribution in [2.75, 3.05) is 18.1 Å². The summed E-state index contributed by atoms with van der Waals surface area (Å²) in [6, 6.07) is 16.3. The number of nitrogens with one attached hydrogen (secondary N) is 7. The quantitative estimate of drug-likeness (QED) is 0.0580. The summed E-state index contributed by atoms with van der Waals surface area (Å²) < 4.78 is 0. The number of aliphatic hydroxyl groups excluding tert-OH is 1. The van der Waals surface area contributed by atoms with Gasteiger partial charge < -0.3 is 59.2 Å². The normalized spacial score (nSPS) is 22.9. The van der Waals surface area contributed by atoms with Crippen molar-refractivity contribution < 1.29 is 38.7 Å².